The molecule has 1 aromatic heterocycles. The van der Waals surface area contributed by atoms with Gasteiger partial charge in [-0.05, 0) is 25.1 Å². The highest BCUT2D eigenvalue weighted by Crippen LogP contribution is 2.36. The third-order valence-corrected chi connectivity index (χ3v) is 8.77. The Morgan fingerprint density at radius 3 is 2.48 bits per heavy atom. The standard InChI is InChI=1S/C21H21ClN2O3S2/c1-15(25)16-5-4-6-17(13-16)29(26,27)24-11-9-23(10-12-24)14-20-21(22)18-7-2-3-8-19(18)28-20/h2-8,13H,9-12,14H2,1H3. The lowest BCUT2D eigenvalue weighted by atomic mass is 10.2. The fourth-order valence-corrected chi connectivity index (χ4v) is 6.53. The van der Waals surface area contributed by atoms with Gasteiger partial charge in [0.15, 0.2) is 5.78 Å². The van der Waals surface area contributed by atoms with Crippen molar-refractivity contribution in [2.24, 2.45) is 0 Å². The van der Waals surface area contributed by atoms with Crippen LogP contribution in [0.15, 0.2) is 53.4 Å². The number of carbonyl (C=O) groups is 1. The van der Waals surface area contributed by atoms with Crippen molar-refractivity contribution in [3.63, 3.8) is 0 Å². The zero-order valence-corrected chi connectivity index (χ0v) is 18.4. The van der Waals surface area contributed by atoms with Crippen molar-refractivity contribution in [3.8, 4) is 0 Å². The van der Waals surface area contributed by atoms with Crippen LogP contribution in [0.2, 0.25) is 5.02 Å². The molecule has 1 fully saturated rings. The van der Waals surface area contributed by atoms with Gasteiger partial charge in [0.2, 0.25) is 10.0 Å². The van der Waals surface area contributed by atoms with Gasteiger partial charge in [0.25, 0.3) is 0 Å². The summed E-state index contributed by atoms with van der Waals surface area (Å²) in [5.41, 5.74) is 0.407. The molecule has 0 aliphatic carbocycles. The number of fused-ring (bicyclic) bond motifs is 1. The first-order chi connectivity index (χ1) is 13.9. The number of hydrogen-bond donors (Lipinski definition) is 0. The highest BCUT2D eigenvalue weighted by molar-refractivity contribution is 7.89. The molecule has 0 saturated carbocycles. The fraction of sp³-hybridized carbons (Fsp3) is 0.286. The molecule has 1 aliphatic rings. The summed E-state index contributed by atoms with van der Waals surface area (Å²) in [5, 5.41) is 1.86. The molecule has 0 bridgehead atoms. The summed E-state index contributed by atoms with van der Waals surface area (Å²) >= 11 is 8.24. The van der Waals surface area contributed by atoms with E-state index in [1.165, 1.54) is 22.0 Å². The molecule has 8 heteroatoms. The van der Waals surface area contributed by atoms with Crippen LogP contribution in [0.4, 0.5) is 0 Å². The molecule has 0 amide bonds. The number of rotatable bonds is 5. The molecular formula is C21H21ClN2O3S2. The van der Waals surface area contributed by atoms with E-state index in [0.717, 1.165) is 15.3 Å². The van der Waals surface area contributed by atoms with Gasteiger partial charge in [-0.25, -0.2) is 8.42 Å². The molecule has 152 valence electrons. The monoisotopic (exact) mass is 448 g/mol. The largest absolute Gasteiger partial charge is 0.296 e. The van der Waals surface area contributed by atoms with E-state index in [2.05, 4.69) is 11.0 Å². The zero-order chi connectivity index (χ0) is 20.6. The van der Waals surface area contributed by atoms with Gasteiger partial charge in [-0.15, -0.1) is 11.3 Å². The number of carbonyl (C=O) groups excluding carboxylic acids is 1. The Morgan fingerprint density at radius 2 is 1.79 bits per heavy atom. The van der Waals surface area contributed by atoms with Gasteiger partial charge in [0, 0.05) is 53.3 Å². The second-order valence-electron chi connectivity index (χ2n) is 7.10. The van der Waals surface area contributed by atoms with E-state index in [1.54, 1.807) is 29.5 Å². The molecule has 3 aromatic rings. The summed E-state index contributed by atoms with van der Waals surface area (Å²) in [6.07, 6.45) is 0. The molecule has 0 radical (unpaired) electrons. The smallest absolute Gasteiger partial charge is 0.243 e. The average molecular weight is 449 g/mol. The number of ketones is 1. The minimum atomic E-state index is -3.61. The molecule has 0 spiro atoms. The molecule has 0 unspecified atom stereocenters. The summed E-state index contributed by atoms with van der Waals surface area (Å²) in [7, 11) is -3.61. The molecule has 4 rings (SSSR count). The van der Waals surface area contributed by atoms with Crippen LogP contribution in [-0.4, -0.2) is 49.6 Å². The van der Waals surface area contributed by atoms with Gasteiger partial charge in [-0.1, -0.05) is 41.9 Å². The number of benzene rings is 2. The number of piperazine rings is 1. The predicted molar refractivity (Wildman–Crippen MR) is 117 cm³/mol. The summed E-state index contributed by atoms with van der Waals surface area (Å²) in [4.78, 5) is 15.1. The lowest BCUT2D eigenvalue weighted by Gasteiger charge is -2.33. The summed E-state index contributed by atoms with van der Waals surface area (Å²) in [6.45, 7) is 4.24. The van der Waals surface area contributed by atoms with Crippen molar-refractivity contribution in [3.05, 3.63) is 64.0 Å². The van der Waals surface area contributed by atoms with E-state index < -0.39 is 10.0 Å². The fourth-order valence-electron chi connectivity index (χ4n) is 3.52. The Bertz CT molecular complexity index is 1170. The Balaban J connectivity index is 1.45. The van der Waals surface area contributed by atoms with Crippen molar-refractivity contribution in [1.29, 1.82) is 0 Å². The van der Waals surface area contributed by atoms with Gasteiger partial charge in [-0.2, -0.15) is 4.31 Å². The van der Waals surface area contributed by atoms with Gasteiger partial charge in [0.1, 0.15) is 0 Å². The molecule has 2 aromatic carbocycles. The Hall–Kier alpha value is -1.77. The number of Topliss-reactive ketones (excluding diaryl/α,β-unsaturated/α-hetero) is 1. The number of sulfonamides is 1. The molecule has 1 aliphatic heterocycles. The molecule has 0 N–H and O–H groups in total. The zero-order valence-electron chi connectivity index (χ0n) is 16.0. The van der Waals surface area contributed by atoms with E-state index in [9.17, 15) is 13.2 Å². The van der Waals surface area contributed by atoms with Gasteiger partial charge in [0.05, 0.1) is 9.92 Å². The Kier molecular flexibility index (Phi) is 5.77. The second kappa shape index (κ2) is 8.16. The van der Waals surface area contributed by atoms with Gasteiger partial charge in [-0.3, -0.25) is 9.69 Å². The van der Waals surface area contributed by atoms with Crippen LogP contribution in [-0.2, 0) is 16.6 Å². The summed E-state index contributed by atoms with van der Waals surface area (Å²) in [5.74, 6) is -0.146. The highest BCUT2D eigenvalue weighted by atomic mass is 35.5. The van der Waals surface area contributed by atoms with Crippen LogP contribution >= 0.6 is 22.9 Å². The molecule has 29 heavy (non-hydrogen) atoms. The maximum Gasteiger partial charge on any atom is 0.243 e. The maximum atomic E-state index is 13.0. The van der Waals surface area contributed by atoms with Crippen LogP contribution < -0.4 is 0 Å². The van der Waals surface area contributed by atoms with Gasteiger partial charge < -0.3 is 0 Å². The first kappa shape index (κ1) is 20.5. The average Bonchev–Trinajstić information content (AvgIpc) is 3.04. The van der Waals surface area contributed by atoms with Crippen molar-refractivity contribution in [2.45, 2.75) is 18.4 Å². The molecular weight excluding hydrogens is 428 g/mol. The third-order valence-electron chi connectivity index (χ3n) is 5.18. The minimum Gasteiger partial charge on any atom is -0.296 e. The topological polar surface area (TPSA) is 57.7 Å². The number of halogens is 1. The van der Waals surface area contributed by atoms with Crippen molar-refractivity contribution in [2.75, 3.05) is 26.2 Å². The molecule has 5 nitrogen and oxygen atoms in total. The predicted octanol–water partition coefficient (Wildman–Crippen LogP) is 4.26. The lowest BCUT2D eigenvalue weighted by Crippen LogP contribution is -2.48. The molecule has 0 atom stereocenters. The van der Waals surface area contributed by atoms with E-state index in [-0.39, 0.29) is 10.7 Å². The van der Waals surface area contributed by atoms with E-state index in [0.29, 0.717) is 38.3 Å². The van der Waals surface area contributed by atoms with Crippen LogP contribution in [0.5, 0.6) is 0 Å². The first-order valence-corrected chi connectivity index (χ1v) is 12.0. The second-order valence-corrected chi connectivity index (χ2v) is 10.6. The number of thiophene rings is 1. The van der Waals surface area contributed by atoms with Crippen LogP contribution in [0.3, 0.4) is 0 Å². The van der Waals surface area contributed by atoms with E-state index in [4.69, 9.17) is 11.6 Å². The Morgan fingerprint density at radius 1 is 1.07 bits per heavy atom. The first-order valence-electron chi connectivity index (χ1n) is 9.35. The summed E-state index contributed by atoms with van der Waals surface area (Å²) in [6, 6.07) is 14.3. The highest BCUT2D eigenvalue weighted by Gasteiger charge is 2.29. The van der Waals surface area contributed by atoms with Crippen molar-refractivity contribution < 1.29 is 13.2 Å². The quantitative estimate of drug-likeness (QED) is 0.547. The van der Waals surface area contributed by atoms with Gasteiger partial charge >= 0.3 is 0 Å². The van der Waals surface area contributed by atoms with Crippen LogP contribution in [0.1, 0.15) is 22.2 Å². The van der Waals surface area contributed by atoms with Crippen molar-refractivity contribution in [1.82, 2.24) is 9.21 Å². The van der Waals surface area contributed by atoms with E-state index in [1.807, 2.05) is 18.2 Å². The number of nitrogens with zero attached hydrogens (tertiary/aromatic N) is 2. The summed E-state index contributed by atoms with van der Waals surface area (Å²) < 4.78 is 28.6. The van der Waals surface area contributed by atoms with Crippen molar-refractivity contribution >= 4 is 48.8 Å². The minimum absolute atomic E-state index is 0.146. The molecule has 1 saturated heterocycles. The van der Waals surface area contributed by atoms with E-state index >= 15 is 0 Å². The lowest BCUT2D eigenvalue weighted by molar-refractivity contribution is 0.101. The SMILES string of the molecule is CC(=O)c1cccc(S(=O)(=O)N2CCN(Cc3sc4ccccc4c3Cl)CC2)c1. The number of hydrogen-bond acceptors (Lipinski definition) is 5. The normalized spacial score (nSPS) is 16.3. The maximum absolute atomic E-state index is 13.0. The third kappa shape index (κ3) is 4.11. The van der Waals surface area contributed by atoms with Crippen LogP contribution in [0, 0.1) is 0 Å². The van der Waals surface area contributed by atoms with Crippen LogP contribution in [0.25, 0.3) is 10.1 Å². The molecule has 2 heterocycles. The Labute approximate surface area is 179 Å².